The van der Waals surface area contributed by atoms with E-state index in [-0.39, 0.29) is 4.70 Å². The Labute approximate surface area is 307 Å². The van der Waals surface area contributed by atoms with Gasteiger partial charge in [-0.05, 0) is 131 Å². The van der Waals surface area contributed by atoms with Crippen molar-refractivity contribution >= 4 is 34.1 Å². The summed E-state index contributed by atoms with van der Waals surface area (Å²) in [6, 6.07) is 21.6. The van der Waals surface area contributed by atoms with Crippen LogP contribution in [0.5, 0.6) is 0 Å². The van der Waals surface area contributed by atoms with Crippen molar-refractivity contribution in [2.75, 3.05) is 58.9 Å². The summed E-state index contributed by atoms with van der Waals surface area (Å²) in [6.45, 7) is 27.5. The zero-order valence-corrected chi connectivity index (χ0v) is 33.6. The first-order valence-corrected chi connectivity index (χ1v) is 20.2. The number of hydrogen-bond acceptors (Lipinski definition) is 4. The van der Waals surface area contributed by atoms with E-state index in [2.05, 4.69) is 137 Å². The van der Waals surface area contributed by atoms with Gasteiger partial charge in [-0.2, -0.15) is 0 Å². The third-order valence-electron chi connectivity index (χ3n) is 10.0. The Balaban J connectivity index is 0.00000867. The monoisotopic (exact) mass is 689 g/mol. The number of aryl methyl sites for hydroxylation is 3. The summed E-state index contributed by atoms with van der Waals surface area (Å²) in [5.74, 6) is 0. The number of halogens is 1. The molecular formula is C45H73FN4. The van der Waals surface area contributed by atoms with Gasteiger partial charge in [-0.3, -0.25) is 4.70 Å². The summed E-state index contributed by atoms with van der Waals surface area (Å²) >= 11 is 0. The highest BCUT2D eigenvalue weighted by Crippen LogP contribution is 2.42. The molecule has 0 aliphatic carbocycles. The topological polar surface area (TPSA) is 13.0 Å². The molecule has 0 fully saturated rings. The summed E-state index contributed by atoms with van der Waals surface area (Å²) < 4.78 is 0. The Morgan fingerprint density at radius 1 is 0.360 bits per heavy atom. The highest BCUT2D eigenvalue weighted by Gasteiger charge is 2.21. The summed E-state index contributed by atoms with van der Waals surface area (Å²) in [5, 5.41) is 0. The molecule has 0 atom stereocenters. The van der Waals surface area contributed by atoms with Crippen LogP contribution >= 0.6 is 0 Å². The fourth-order valence-corrected chi connectivity index (χ4v) is 6.85. The van der Waals surface area contributed by atoms with Crippen LogP contribution in [0.1, 0.15) is 135 Å². The maximum absolute atomic E-state index is 2.61. The van der Waals surface area contributed by atoms with Crippen LogP contribution < -0.4 is 19.6 Å². The molecule has 5 heteroatoms. The molecule has 0 unspecified atom stereocenters. The zero-order valence-electron chi connectivity index (χ0n) is 33.6. The van der Waals surface area contributed by atoms with Crippen LogP contribution in [-0.4, -0.2) is 39.3 Å². The molecule has 50 heavy (non-hydrogen) atoms. The van der Waals surface area contributed by atoms with Crippen molar-refractivity contribution in [3.05, 3.63) is 71.3 Å². The molecule has 3 aromatic carbocycles. The Morgan fingerprint density at radius 3 is 0.760 bits per heavy atom. The average molecular weight is 689 g/mol. The quantitative estimate of drug-likeness (QED) is 0.0928. The zero-order chi connectivity index (χ0) is 35.6. The van der Waals surface area contributed by atoms with Gasteiger partial charge in [0.25, 0.3) is 0 Å². The van der Waals surface area contributed by atoms with Crippen molar-refractivity contribution in [1.82, 2.24) is 0 Å². The molecule has 0 saturated carbocycles. The van der Waals surface area contributed by atoms with Crippen LogP contribution in [0.4, 0.5) is 38.8 Å². The highest BCUT2D eigenvalue weighted by atomic mass is 19.0. The van der Waals surface area contributed by atoms with Crippen LogP contribution in [0, 0.1) is 20.8 Å². The van der Waals surface area contributed by atoms with Crippen LogP contribution in [0.15, 0.2) is 54.6 Å². The average Bonchev–Trinajstić information content (AvgIpc) is 3.10. The van der Waals surface area contributed by atoms with Crippen molar-refractivity contribution in [2.24, 2.45) is 0 Å². The lowest BCUT2D eigenvalue weighted by Crippen LogP contribution is -2.26. The van der Waals surface area contributed by atoms with Crippen molar-refractivity contribution in [3.63, 3.8) is 0 Å². The number of nitrogens with zero attached hydrogens (tertiary/aromatic N) is 4. The van der Waals surface area contributed by atoms with E-state index in [1.54, 1.807) is 0 Å². The standard InChI is InChI=1S/C45H72N4.FH/c1-10-16-28-46(29-17-11-2)40-22-25-43(37(7)34-40)49(44-26-23-41(35-38(44)8)47(30-18-12-3)31-19-13-4)45-27-24-42(36-39(45)9)48(32-20-14-5)33-21-15-6;/h22-27,34-36H,10-21,28-33H2,1-9H3;1H. The molecular weight excluding hydrogens is 616 g/mol. The molecule has 0 aliphatic rings. The van der Waals surface area contributed by atoms with E-state index < -0.39 is 0 Å². The van der Waals surface area contributed by atoms with Crippen LogP contribution in [-0.2, 0) is 0 Å². The van der Waals surface area contributed by atoms with Crippen molar-refractivity contribution in [3.8, 4) is 0 Å². The van der Waals surface area contributed by atoms with Crippen molar-refractivity contribution in [1.29, 1.82) is 0 Å². The molecule has 280 valence electrons. The second kappa shape index (κ2) is 23.3. The lowest BCUT2D eigenvalue weighted by Gasteiger charge is -2.33. The minimum atomic E-state index is 0. The first-order chi connectivity index (χ1) is 23.8. The fourth-order valence-electron chi connectivity index (χ4n) is 6.85. The molecule has 0 bridgehead atoms. The lowest BCUT2D eigenvalue weighted by molar-refractivity contribution is 0.677. The molecule has 0 heterocycles. The van der Waals surface area contributed by atoms with E-state index in [1.807, 2.05) is 0 Å². The predicted molar refractivity (Wildman–Crippen MR) is 224 cm³/mol. The van der Waals surface area contributed by atoms with Crippen molar-refractivity contribution in [2.45, 2.75) is 139 Å². The van der Waals surface area contributed by atoms with E-state index in [0.29, 0.717) is 0 Å². The lowest BCUT2D eigenvalue weighted by atomic mass is 10.0. The molecule has 3 aromatic rings. The highest BCUT2D eigenvalue weighted by molar-refractivity contribution is 5.84. The summed E-state index contributed by atoms with van der Waals surface area (Å²) in [6.07, 6.45) is 14.7. The minimum absolute atomic E-state index is 0. The van der Waals surface area contributed by atoms with Gasteiger partial charge in [0.05, 0.1) is 0 Å². The molecule has 4 nitrogen and oxygen atoms in total. The van der Waals surface area contributed by atoms with Gasteiger partial charge in [0.2, 0.25) is 0 Å². The molecule has 3 rings (SSSR count). The smallest absolute Gasteiger partial charge is 0.0492 e. The first kappa shape index (κ1) is 43.0. The second-order valence-electron chi connectivity index (χ2n) is 14.3. The molecule has 0 radical (unpaired) electrons. The number of anilines is 6. The number of hydrogen-bond donors (Lipinski definition) is 0. The Morgan fingerprint density at radius 2 is 0.580 bits per heavy atom. The third-order valence-corrected chi connectivity index (χ3v) is 10.0. The van der Waals surface area contributed by atoms with Gasteiger partial charge in [0, 0.05) is 73.4 Å². The van der Waals surface area contributed by atoms with Crippen LogP contribution in [0.25, 0.3) is 0 Å². The Kier molecular flexibility index (Phi) is 20.0. The number of benzene rings is 3. The normalized spacial score (nSPS) is 11.0. The van der Waals surface area contributed by atoms with E-state index in [0.717, 1.165) is 39.3 Å². The number of rotatable bonds is 24. The van der Waals surface area contributed by atoms with Gasteiger partial charge in [-0.25, -0.2) is 0 Å². The first-order valence-electron chi connectivity index (χ1n) is 20.2. The second-order valence-corrected chi connectivity index (χ2v) is 14.3. The summed E-state index contributed by atoms with van der Waals surface area (Å²) in [4.78, 5) is 10.4. The summed E-state index contributed by atoms with van der Waals surface area (Å²) in [5.41, 5.74) is 11.8. The van der Waals surface area contributed by atoms with Gasteiger partial charge in [-0.1, -0.05) is 80.1 Å². The Hall–Kier alpha value is -3.21. The van der Waals surface area contributed by atoms with E-state index >= 15 is 0 Å². The van der Waals surface area contributed by atoms with E-state index in [4.69, 9.17) is 0 Å². The van der Waals surface area contributed by atoms with Gasteiger partial charge in [0.1, 0.15) is 0 Å². The maximum atomic E-state index is 2.61. The van der Waals surface area contributed by atoms with Crippen LogP contribution in [0.3, 0.4) is 0 Å². The number of unbranched alkanes of at least 4 members (excludes halogenated alkanes) is 6. The molecule has 0 saturated heterocycles. The maximum Gasteiger partial charge on any atom is 0.0492 e. The molecule has 0 N–H and O–H groups in total. The van der Waals surface area contributed by atoms with Gasteiger partial charge in [-0.15, -0.1) is 0 Å². The third kappa shape index (κ3) is 12.2. The molecule has 0 aromatic heterocycles. The molecule has 0 aliphatic heterocycles. The van der Waals surface area contributed by atoms with Gasteiger partial charge >= 0.3 is 0 Å². The van der Waals surface area contributed by atoms with Crippen LogP contribution in [0.2, 0.25) is 0 Å². The van der Waals surface area contributed by atoms with Gasteiger partial charge < -0.3 is 19.6 Å². The molecule has 0 amide bonds. The molecule has 0 spiro atoms. The summed E-state index contributed by atoms with van der Waals surface area (Å²) in [7, 11) is 0. The van der Waals surface area contributed by atoms with E-state index in [9.17, 15) is 0 Å². The van der Waals surface area contributed by atoms with Gasteiger partial charge in [0.15, 0.2) is 0 Å². The largest absolute Gasteiger partial charge is 0.372 e. The van der Waals surface area contributed by atoms with E-state index in [1.165, 1.54) is 128 Å². The predicted octanol–water partition coefficient (Wildman–Crippen LogP) is 13.5. The minimum Gasteiger partial charge on any atom is -0.372 e. The van der Waals surface area contributed by atoms with Crippen molar-refractivity contribution < 1.29 is 4.70 Å². The Bertz CT molecular complexity index is 1180. The fraction of sp³-hybridized carbons (Fsp3) is 0.600. The SMILES string of the molecule is CCCCN(CCCC)c1ccc(N(c2ccc(N(CCCC)CCCC)cc2C)c2ccc(N(CCCC)CCCC)cc2C)c(C)c1.F.